The van der Waals surface area contributed by atoms with Gasteiger partial charge in [-0.3, -0.25) is 9.59 Å². The molecule has 1 aliphatic heterocycles. The molecule has 1 fully saturated rings. The number of rotatable bonds is 10. The summed E-state index contributed by atoms with van der Waals surface area (Å²) in [6.45, 7) is 6.89. The zero-order valence-corrected chi connectivity index (χ0v) is 23.3. The lowest BCUT2D eigenvalue weighted by Crippen LogP contribution is -2.46. The van der Waals surface area contributed by atoms with Crippen LogP contribution in [0.1, 0.15) is 52.0 Å². The summed E-state index contributed by atoms with van der Waals surface area (Å²) in [5.41, 5.74) is 1.35. The lowest BCUT2D eigenvalue weighted by Gasteiger charge is -2.33. The molecule has 1 heterocycles. The number of nitrogens with one attached hydrogen (secondary N) is 1. The van der Waals surface area contributed by atoms with Gasteiger partial charge in [-0.25, -0.2) is 4.79 Å². The highest BCUT2D eigenvalue weighted by atomic mass is 16.6. The molecule has 0 radical (unpaired) electrons. The molecule has 2 rings (SSSR count). The predicted octanol–water partition coefficient (Wildman–Crippen LogP) is 2.58. The Labute approximate surface area is 225 Å². The average Bonchev–Trinajstić information content (AvgIpc) is 2.87. The van der Waals surface area contributed by atoms with E-state index in [1.165, 1.54) is 11.9 Å². The van der Waals surface area contributed by atoms with Gasteiger partial charge in [-0.1, -0.05) is 17.9 Å². The van der Waals surface area contributed by atoms with Gasteiger partial charge in [0.1, 0.15) is 24.5 Å². The Kier molecular flexibility index (Phi) is 11.6. The molecule has 1 saturated heterocycles. The van der Waals surface area contributed by atoms with Gasteiger partial charge in [-0.05, 0) is 52.2 Å². The number of anilines is 2. The van der Waals surface area contributed by atoms with E-state index in [2.05, 4.69) is 17.2 Å². The number of amides is 3. The van der Waals surface area contributed by atoms with Crippen LogP contribution in [0.15, 0.2) is 18.2 Å². The molecule has 1 aromatic carbocycles. The van der Waals surface area contributed by atoms with Crippen LogP contribution < -0.4 is 15.1 Å². The molecular formula is C28H40N4O6. The van der Waals surface area contributed by atoms with E-state index in [1.54, 1.807) is 17.0 Å². The average molecular weight is 529 g/mol. The van der Waals surface area contributed by atoms with Gasteiger partial charge in [0.2, 0.25) is 12.3 Å². The maximum Gasteiger partial charge on any atom is 0.410 e. The minimum absolute atomic E-state index is 0.000621. The first-order valence-electron chi connectivity index (χ1n) is 12.8. The lowest BCUT2D eigenvalue weighted by atomic mass is 10.1. The molecule has 38 heavy (non-hydrogen) atoms. The van der Waals surface area contributed by atoms with Gasteiger partial charge in [0, 0.05) is 40.7 Å². The number of ether oxygens (including phenoxy) is 2. The number of carbonyl (C=O) groups excluding carboxylic acids is 4. The molecule has 0 bridgehead atoms. The molecule has 1 aromatic rings. The third-order valence-corrected chi connectivity index (χ3v) is 6.00. The number of carbonyl (C=O) groups is 4. The van der Waals surface area contributed by atoms with Crippen LogP contribution in [0.4, 0.5) is 16.2 Å². The van der Waals surface area contributed by atoms with Gasteiger partial charge in [0.15, 0.2) is 0 Å². The number of hydrogen-bond acceptors (Lipinski definition) is 7. The van der Waals surface area contributed by atoms with Gasteiger partial charge in [0.25, 0.3) is 0 Å². The Morgan fingerprint density at radius 3 is 2.45 bits per heavy atom. The van der Waals surface area contributed by atoms with Crippen molar-refractivity contribution in [1.29, 1.82) is 0 Å². The first kappa shape index (κ1) is 30.6. The van der Waals surface area contributed by atoms with Crippen LogP contribution in [0.5, 0.6) is 0 Å². The van der Waals surface area contributed by atoms with Crippen molar-refractivity contribution in [2.24, 2.45) is 0 Å². The Bertz CT molecular complexity index is 1030. The first-order valence-corrected chi connectivity index (χ1v) is 12.8. The third kappa shape index (κ3) is 8.77. The van der Waals surface area contributed by atoms with E-state index in [-0.39, 0.29) is 37.6 Å². The predicted molar refractivity (Wildman–Crippen MR) is 146 cm³/mol. The van der Waals surface area contributed by atoms with Gasteiger partial charge in [-0.15, -0.1) is 0 Å². The van der Waals surface area contributed by atoms with E-state index in [4.69, 9.17) is 9.47 Å². The van der Waals surface area contributed by atoms with Crippen molar-refractivity contribution < 1.29 is 28.7 Å². The van der Waals surface area contributed by atoms with Crippen molar-refractivity contribution in [2.45, 2.75) is 64.2 Å². The van der Waals surface area contributed by atoms with Crippen molar-refractivity contribution >= 4 is 36.1 Å². The standard InChI is InChI=1S/C28H40N4O6/c1-28(2,3)38-27(36)31-16-14-22(15-17-31)37-19-9-11-21-10-7-12-23(25(21)30(5)6)32(20-34)24(13-8-18-33)26(35)29-4/h7,10,12,18,20,22,24H,8,13-17,19H2,1-6H3,(H,29,35). The van der Waals surface area contributed by atoms with E-state index < -0.39 is 11.6 Å². The van der Waals surface area contributed by atoms with Crippen LogP contribution in [0, 0.1) is 11.8 Å². The molecule has 1 aliphatic rings. The molecule has 0 aliphatic carbocycles. The molecule has 0 saturated carbocycles. The van der Waals surface area contributed by atoms with Gasteiger partial charge in [-0.2, -0.15) is 0 Å². The fraction of sp³-hybridized carbons (Fsp3) is 0.571. The smallest absolute Gasteiger partial charge is 0.410 e. The second kappa shape index (κ2) is 14.4. The monoisotopic (exact) mass is 528 g/mol. The van der Waals surface area contributed by atoms with Gasteiger partial charge in [0.05, 0.1) is 23.0 Å². The molecule has 0 aromatic heterocycles. The molecule has 0 spiro atoms. The molecule has 10 heteroatoms. The molecule has 1 atom stereocenters. The summed E-state index contributed by atoms with van der Waals surface area (Å²) < 4.78 is 11.4. The van der Waals surface area contributed by atoms with Crippen molar-refractivity contribution in [3.63, 3.8) is 0 Å². The summed E-state index contributed by atoms with van der Waals surface area (Å²) in [6.07, 6.45) is 2.79. The number of piperidine rings is 1. The molecule has 208 valence electrons. The Balaban J connectivity index is 2.11. The number of para-hydroxylation sites is 1. The number of benzene rings is 1. The van der Waals surface area contributed by atoms with Gasteiger partial charge >= 0.3 is 6.09 Å². The maximum absolute atomic E-state index is 12.5. The van der Waals surface area contributed by atoms with Crippen molar-refractivity contribution in [3.8, 4) is 11.8 Å². The summed E-state index contributed by atoms with van der Waals surface area (Å²) in [6, 6.07) is 4.53. The number of aldehydes is 1. The normalized spacial score (nSPS) is 14.5. The third-order valence-electron chi connectivity index (χ3n) is 6.00. The highest BCUT2D eigenvalue weighted by molar-refractivity contribution is 5.96. The highest BCUT2D eigenvalue weighted by Crippen LogP contribution is 2.33. The van der Waals surface area contributed by atoms with Gasteiger partial charge < -0.3 is 34.3 Å². The number of likely N-dealkylation sites (N-methyl/N-ethyl adjacent to an activating group) is 1. The number of hydrogen-bond donors (Lipinski definition) is 1. The zero-order chi connectivity index (χ0) is 28.3. The fourth-order valence-corrected chi connectivity index (χ4v) is 4.22. The van der Waals surface area contributed by atoms with E-state index in [1.807, 2.05) is 45.8 Å². The fourth-order valence-electron chi connectivity index (χ4n) is 4.22. The summed E-state index contributed by atoms with van der Waals surface area (Å²) in [5, 5.41) is 2.57. The minimum atomic E-state index is -0.834. The molecule has 3 amide bonds. The molecular weight excluding hydrogens is 488 g/mol. The number of nitrogens with zero attached hydrogens (tertiary/aromatic N) is 3. The Hall–Kier alpha value is -3.58. The first-order chi connectivity index (χ1) is 18.0. The van der Waals surface area contributed by atoms with Crippen LogP contribution in [0.2, 0.25) is 0 Å². The van der Waals surface area contributed by atoms with E-state index in [0.717, 1.165) is 6.29 Å². The Morgan fingerprint density at radius 1 is 1.21 bits per heavy atom. The summed E-state index contributed by atoms with van der Waals surface area (Å²) in [7, 11) is 5.17. The maximum atomic E-state index is 12.5. The van der Waals surface area contributed by atoms with Crippen LogP contribution in [-0.4, -0.2) is 88.2 Å². The largest absolute Gasteiger partial charge is 0.444 e. The SMILES string of the molecule is CNC(=O)C(CCC=O)N(C=O)c1cccc(C#CCOC2CCN(C(=O)OC(C)(C)C)CC2)c1N(C)C. The molecule has 1 unspecified atom stereocenters. The highest BCUT2D eigenvalue weighted by Gasteiger charge is 2.29. The van der Waals surface area contributed by atoms with Crippen molar-refractivity contribution in [3.05, 3.63) is 23.8 Å². The van der Waals surface area contributed by atoms with Crippen molar-refractivity contribution in [2.75, 3.05) is 50.6 Å². The summed E-state index contributed by atoms with van der Waals surface area (Å²) in [4.78, 5) is 52.7. The Morgan fingerprint density at radius 2 is 1.89 bits per heavy atom. The van der Waals surface area contributed by atoms with Crippen LogP contribution in [0.3, 0.4) is 0 Å². The minimum Gasteiger partial charge on any atom is -0.444 e. The van der Waals surface area contributed by atoms with E-state index >= 15 is 0 Å². The molecule has 10 nitrogen and oxygen atoms in total. The van der Waals surface area contributed by atoms with Crippen molar-refractivity contribution in [1.82, 2.24) is 10.2 Å². The molecule has 1 N–H and O–H groups in total. The van der Waals surface area contributed by atoms with E-state index in [9.17, 15) is 19.2 Å². The lowest BCUT2D eigenvalue weighted by molar-refractivity contribution is -0.123. The van der Waals surface area contributed by atoms with Crippen LogP contribution in [-0.2, 0) is 23.9 Å². The summed E-state index contributed by atoms with van der Waals surface area (Å²) >= 11 is 0. The van der Waals surface area contributed by atoms with E-state index in [0.29, 0.717) is 49.3 Å². The zero-order valence-electron chi connectivity index (χ0n) is 23.3. The quantitative estimate of drug-likeness (QED) is 0.367. The summed E-state index contributed by atoms with van der Waals surface area (Å²) in [5.74, 6) is 5.83. The second-order valence-electron chi connectivity index (χ2n) is 10.2. The van der Waals surface area contributed by atoms with Crippen LogP contribution >= 0.6 is 0 Å². The topological polar surface area (TPSA) is 108 Å². The van der Waals surface area contributed by atoms with Crippen LogP contribution in [0.25, 0.3) is 0 Å². The number of likely N-dealkylation sites (tertiary alicyclic amines) is 1. The second-order valence-corrected chi connectivity index (χ2v) is 10.2.